The molecule has 0 N–H and O–H groups in total. The van der Waals surface area contributed by atoms with E-state index in [0.717, 1.165) is 47.2 Å². The molecule has 120 valence electrons. The number of thiophene rings is 1. The summed E-state index contributed by atoms with van der Waals surface area (Å²) in [5.41, 5.74) is 1.32. The third kappa shape index (κ3) is 2.90. The molecule has 0 unspecified atom stereocenters. The van der Waals surface area contributed by atoms with Gasteiger partial charge in [0.25, 0.3) is 0 Å². The van der Waals surface area contributed by atoms with Crippen molar-refractivity contribution in [2.24, 2.45) is 0 Å². The maximum absolute atomic E-state index is 9.60. The fourth-order valence-electron chi connectivity index (χ4n) is 2.84. The number of thiazole rings is 1. The van der Waals surface area contributed by atoms with E-state index in [4.69, 9.17) is 0 Å². The van der Waals surface area contributed by atoms with Crippen molar-refractivity contribution >= 4 is 34.3 Å². The van der Waals surface area contributed by atoms with Gasteiger partial charge in [0, 0.05) is 18.3 Å². The lowest BCUT2D eigenvalue weighted by molar-refractivity contribution is 0.627. The van der Waals surface area contributed by atoms with E-state index in [1.807, 2.05) is 22.9 Å². The van der Waals surface area contributed by atoms with E-state index in [1.54, 1.807) is 22.7 Å². The first-order chi connectivity index (χ1) is 11.8. The van der Waals surface area contributed by atoms with E-state index in [-0.39, 0.29) is 0 Å². The van der Waals surface area contributed by atoms with Crippen LogP contribution in [0.5, 0.6) is 0 Å². The van der Waals surface area contributed by atoms with Gasteiger partial charge >= 0.3 is 0 Å². The molecule has 0 atom stereocenters. The predicted octanol–water partition coefficient (Wildman–Crippen LogP) is 4.25. The maximum Gasteiger partial charge on any atom is 0.174 e. The van der Waals surface area contributed by atoms with Crippen molar-refractivity contribution in [3.05, 3.63) is 40.2 Å². The average molecular weight is 353 g/mol. The number of hydrogen-bond donors (Lipinski definition) is 0. The Kier molecular flexibility index (Phi) is 4.24. The van der Waals surface area contributed by atoms with E-state index in [9.17, 15) is 5.26 Å². The van der Waals surface area contributed by atoms with Crippen molar-refractivity contribution in [3.8, 4) is 16.0 Å². The molecule has 0 aliphatic carbocycles. The summed E-state index contributed by atoms with van der Waals surface area (Å²) in [6.07, 6.45) is 6.20. The van der Waals surface area contributed by atoms with Crippen LogP contribution in [0.4, 0.5) is 0 Å². The Bertz CT molecular complexity index is 911. The summed E-state index contributed by atoms with van der Waals surface area (Å²) >= 11 is 3.26. The van der Waals surface area contributed by atoms with Crippen LogP contribution in [-0.4, -0.2) is 19.7 Å². The van der Waals surface area contributed by atoms with E-state index in [2.05, 4.69) is 31.9 Å². The van der Waals surface area contributed by atoms with Crippen LogP contribution in [0.25, 0.3) is 21.5 Å². The predicted molar refractivity (Wildman–Crippen MR) is 96.5 cm³/mol. The quantitative estimate of drug-likeness (QED) is 0.660. The third-order valence-electron chi connectivity index (χ3n) is 4.02. The number of rotatable bonds is 3. The standard InChI is InChI=1S/C17H15N5S2/c18-10-12(16-21-20-15-6-2-1-3-7-22(15)16)9-13-11-24-17(19-13)14-5-4-8-23-14/h4-5,8-9,11H,1-3,6-7H2/b12-9-. The van der Waals surface area contributed by atoms with E-state index in [0.29, 0.717) is 11.4 Å². The molecule has 4 heterocycles. The Morgan fingerprint density at radius 2 is 2.21 bits per heavy atom. The van der Waals surface area contributed by atoms with Crippen LogP contribution in [0.2, 0.25) is 0 Å². The van der Waals surface area contributed by atoms with Gasteiger partial charge in [-0.3, -0.25) is 0 Å². The summed E-state index contributed by atoms with van der Waals surface area (Å²) in [5, 5.41) is 23.1. The minimum Gasteiger partial charge on any atom is -0.310 e. The highest BCUT2D eigenvalue weighted by Gasteiger charge is 2.18. The lowest BCUT2D eigenvalue weighted by atomic mass is 10.2. The molecule has 1 aliphatic rings. The van der Waals surface area contributed by atoms with Crippen molar-refractivity contribution < 1.29 is 0 Å². The lowest BCUT2D eigenvalue weighted by Gasteiger charge is -2.05. The Balaban J connectivity index is 1.68. The van der Waals surface area contributed by atoms with Gasteiger partial charge in [-0.25, -0.2) is 4.98 Å². The molecule has 3 aromatic rings. The van der Waals surface area contributed by atoms with Gasteiger partial charge in [0.2, 0.25) is 0 Å². The second-order valence-corrected chi connectivity index (χ2v) is 7.43. The molecule has 0 amide bonds. The van der Waals surface area contributed by atoms with E-state index < -0.39 is 0 Å². The maximum atomic E-state index is 9.60. The van der Waals surface area contributed by atoms with Crippen LogP contribution in [-0.2, 0) is 13.0 Å². The molecule has 1 aliphatic heterocycles. The molecule has 24 heavy (non-hydrogen) atoms. The fraction of sp³-hybridized carbons (Fsp3) is 0.294. The first kappa shape index (κ1) is 15.2. The normalized spacial score (nSPS) is 14.9. The zero-order valence-electron chi connectivity index (χ0n) is 13.0. The lowest BCUT2D eigenvalue weighted by Crippen LogP contribution is -2.05. The third-order valence-corrected chi connectivity index (χ3v) is 5.92. The number of nitrogens with zero attached hydrogens (tertiary/aromatic N) is 5. The smallest absolute Gasteiger partial charge is 0.174 e. The summed E-state index contributed by atoms with van der Waals surface area (Å²) < 4.78 is 2.09. The number of aromatic nitrogens is 4. The Morgan fingerprint density at radius 3 is 3.04 bits per heavy atom. The first-order valence-corrected chi connectivity index (χ1v) is 9.65. The van der Waals surface area contributed by atoms with E-state index >= 15 is 0 Å². The minimum absolute atomic E-state index is 0.527. The Labute approximate surface area is 147 Å². The Hall–Kier alpha value is -2.30. The van der Waals surface area contributed by atoms with Crippen LogP contribution in [0.1, 0.15) is 36.6 Å². The van der Waals surface area contributed by atoms with Crippen LogP contribution in [0, 0.1) is 11.3 Å². The largest absolute Gasteiger partial charge is 0.310 e. The molecule has 5 nitrogen and oxygen atoms in total. The highest BCUT2D eigenvalue weighted by molar-refractivity contribution is 7.20. The van der Waals surface area contributed by atoms with Gasteiger partial charge in [0.15, 0.2) is 5.82 Å². The highest BCUT2D eigenvalue weighted by Crippen LogP contribution is 2.29. The van der Waals surface area contributed by atoms with Crippen LogP contribution in [0.15, 0.2) is 22.9 Å². The zero-order valence-corrected chi connectivity index (χ0v) is 14.6. The van der Waals surface area contributed by atoms with Gasteiger partial charge in [-0.2, -0.15) is 5.26 Å². The number of allylic oxidation sites excluding steroid dienone is 1. The van der Waals surface area contributed by atoms with Gasteiger partial charge in [0.05, 0.1) is 16.1 Å². The van der Waals surface area contributed by atoms with E-state index in [1.165, 1.54) is 6.42 Å². The van der Waals surface area contributed by atoms with Gasteiger partial charge < -0.3 is 4.57 Å². The summed E-state index contributed by atoms with van der Waals surface area (Å²) in [6.45, 7) is 0.883. The molecule has 0 radical (unpaired) electrons. The summed E-state index contributed by atoms with van der Waals surface area (Å²) in [7, 11) is 0. The fourth-order valence-corrected chi connectivity index (χ4v) is 4.44. The molecule has 0 saturated heterocycles. The summed E-state index contributed by atoms with van der Waals surface area (Å²) in [6, 6.07) is 6.35. The molecule has 7 heteroatoms. The minimum atomic E-state index is 0.527. The van der Waals surface area contributed by atoms with Gasteiger partial charge in [0.1, 0.15) is 16.9 Å². The molecule has 3 aromatic heterocycles. The van der Waals surface area contributed by atoms with Crippen LogP contribution >= 0.6 is 22.7 Å². The van der Waals surface area contributed by atoms with Crippen molar-refractivity contribution in [1.29, 1.82) is 5.26 Å². The van der Waals surface area contributed by atoms with Crippen LogP contribution < -0.4 is 0 Å². The molecular weight excluding hydrogens is 338 g/mol. The molecule has 0 bridgehead atoms. The van der Waals surface area contributed by atoms with Gasteiger partial charge in [-0.1, -0.05) is 12.5 Å². The number of hydrogen-bond acceptors (Lipinski definition) is 6. The first-order valence-electron chi connectivity index (χ1n) is 7.89. The second-order valence-electron chi connectivity index (χ2n) is 5.63. The second kappa shape index (κ2) is 6.67. The van der Waals surface area contributed by atoms with Crippen LogP contribution in [0.3, 0.4) is 0 Å². The number of nitriles is 1. The van der Waals surface area contributed by atoms with Crippen molar-refractivity contribution in [2.45, 2.75) is 32.2 Å². The van der Waals surface area contributed by atoms with Crippen molar-refractivity contribution in [2.75, 3.05) is 0 Å². The SMILES string of the molecule is N#C/C(=C/c1csc(-c2cccs2)n1)c1nnc2n1CCCCC2. The number of fused-ring (bicyclic) bond motifs is 1. The molecule has 0 spiro atoms. The number of aryl methyl sites for hydroxylation is 1. The summed E-state index contributed by atoms with van der Waals surface area (Å²) in [5.74, 6) is 1.65. The molecular formula is C17H15N5S2. The molecule has 0 saturated carbocycles. The monoisotopic (exact) mass is 353 g/mol. The van der Waals surface area contributed by atoms with Gasteiger partial charge in [-0.05, 0) is 30.4 Å². The topological polar surface area (TPSA) is 67.4 Å². The Morgan fingerprint density at radius 1 is 1.25 bits per heavy atom. The molecule has 0 fully saturated rings. The van der Waals surface area contributed by atoms with Crippen molar-refractivity contribution in [1.82, 2.24) is 19.7 Å². The molecule has 4 rings (SSSR count). The molecule has 0 aromatic carbocycles. The average Bonchev–Trinajstić information content (AvgIpc) is 3.31. The zero-order chi connectivity index (χ0) is 16.4. The van der Waals surface area contributed by atoms with Crippen molar-refractivity contribution in [3.63, 3.8) is 0 Å². The highest BCUT2D eigenvalue weighted by atomic mass is 32.1. The van der Waals surface area contributed by atoms with Gasteiger partial charge in [-0.15, -0.1) is 32.9 Å². The summed E-state index contributed by atoms with van der Waals surface area (Å²) in [4.78, 5) is 5.77.